The van der Waals surface area contributed by atoms with Gasteiger partial charge in [-0.05, 0) is 35.7 Å². The lowest BCUT2D eigenvalue weighted by atomic mass is 9.83. The molecule has 12 heavy (non-hydrogen) atoms. The molecule has 1 saturated heterocycles. The Morgan fingerprint density at radius 1 is 1.50 bits per heavy atom. The third-order valence-electron chi connectivity index (χ3n) is 3.97. The van der Waals surface area contributed by atoms with Gasteiger partial charge >= 0.3 is 0 Å². The second-order valence-electron chi connectivity index (χ2n) is 4.94. The van der Waals surface area contributed by atoms with Crippen LogP contribution < -0.4 is 0 Å². The summed E-state index contributed by atoms with van der Waals surface area (Å²) in [5.74, 6) is 3.38. The quantitative estimate of drug-likeness (QED) is 0.713. The maximum Gasteiger partial charge on any atom is 0.0495 e. The summed E-state index contributed by atoms with van der Waals surface area (Å²) >= 11 is 2.05. The number of hydrogen-bond donors (Lipinski definition) is 1. The van der Waals surface area contributed by atoms with Gasteiger partial charge in [0.05, 0.1) is 0 Å². The van der Waals surface area contributed by atoms with Crippen molar-refractivity contribution in [3.8, 4) is 0 Å². The first-order valence-electron chi connectivity index (χ1n) is 4.81. The first-order valence-corrected chi connectivity index (χ1v) is 5.96. The van der Waals surface area contributed by atoms with Gasteiger partial charge < -0.3 is 5.11 Å². The third kappa shape index (κ3) is 1.04. The van der Waals surface area contributed by atoms with Crippen LogP contribution in [0.15, 0.2) is 0 Å². The molecule has 1 aliphatic heterocycles. The Balaban J connectivity index is 2.09. The van der Waals surface area contributed by atoms with Gasteiger partial charge in [0.2, 0.25) is 0 Å². The van der Waals surface area contributed by atoms with Crippen molar-refractivity contribution in [2.24, 2.45) is 16.7 Å². The van der Waals surface area contributed by atoms with Crippen molar-refractivity contribution in [2.45, 2.75) is 26.7 Å². The zero-order valence-corrected chi connectivity index (χ0v) is 8.78. The fraction of sp³-hybridized carbons (Fsp3) is 1.00. The lowest BCUT2D eigenvalue weighted by Crippen LogP contribution is -2.24. The second kappa shape index (κ2) is 2.65. The van der Waals surface area contributed by atoms with Gasteiger partial charge in [-0.25, -0.2) is 0 Å². The average molecular weight is 186 g/mol. The molecule has 1 N–H and O–H groups in total. The van der Waals surface area contributed by atoms with E-state index in [0.717, 1.165) is 5.92 Å². The highest BCUT2D eigenvalue weighted by molar-refractivity contribution is 7.99. The minimum Gasteiger partial charge on any atom is -0.396 e. The molecule has 70 valence electrons. The Morgan fingerprint density at radius 2 is 2.17 bits per heavy atom. The fourth-order valence-corrected chi connectivity index (χ4v) is 4.20. The van der Waals surface area contributed by atoms with Gasteiger partial charge in [-0.15, -0.1) is 0 Å². The highest BCUT2D eigenvalue weighted by Crippen LogP contribution is 2.69. The maximum atomic E-state index is 9.44. The predicted octanol–water partition coefficient (Wildman–Crippen LogP) is 2.15. The van der Waals surface area contributed by atoms with Crippen molar-refractivity contribution >= 4 is 11.8 Å². The van der Waals surface area contributed by atoms with Crippen LogP contribution in [0.1, 0.15) is 26.7 Å². The molecule has 2 atom stereocenters. The fourth-order valence-electron chi connectivity index (χ4n) is 2.81. The van der Waals surface area contributed by atoms with Crippen LogP contribution in [0.25, 0.3) is 0 Å². The van der Waals surface area contributed by atoms with Crippen LogP contribution >= 0.6 is 11.8 Å². The largest absolute Gasteiger partial charge is 0.396 e. The van der Waals surface area contributed by atoms with Crippen LogP contribution in [0.4, 0.5) is 0 Å². The van der Waals surface area contributed by atoms with E-state index in [9.17, 15) is 5.11 Å². The van der Waals surface area contributed by atoms with Crippen LogP contribution in [0.2, 0.25) is 0 Å². The van der Waals surface area contributed by atoms with E-state index in [1.807, 2.05) is 0 Å². The van der Waals surface area contributed by atoms with Crippen molar-refractivity contribution in [3.63, 3.8) is 0 Å². The van der Waals surface area contributed by atoms with E-state index in [2.05, 4.69) is 25.6 Å². The van der Waals surface area contributed by atoms with Crippen LogP contribution in [-0.4, -0.2) is 23.2 Å². The molecule has 2 heteroatoms. The Bertz CT molecular complexity index is 184. The lowest BCUT2D eigenvalue weighted by molar-refractivity contribution is 0.132. The van der Waals surface area contributed by atoms with Crippen LogP contribution in [0.3, 0.4) is 0 Å². The molecule has 1 aliphatic carbocycles. The van der Waals surface area contributed by atoms with Crippen molar-refractivity contribution in [1.29, 1.82) is 0 Å². The Hall–Kier alpha value is 0.310. The summed E-state index contributed by atoms with van der Waals surface area (Å²) in [5, 5.41) is 9.44. The Kier molecular flexibility index (Phi) is 1.96. The highest BCUT2D eigenvalue weighted by Gasteiger charge is 2.64. The third-order valence-corrected chi connectivity index (χ3v) is 5.14. The Labute approximate surface area is 78.9 Å². The smallest absolute Gasteiger partial charge is 0.0495 e. The predicted molar refractivity (Wildman–Crippen MR) is 53.3 cm³/mol. The van der Waals surface area contributed by atoms with E-state index in [0.29, 0.717) is 17.4 Å². The van der Waals surface area contributed by atoms with Crippen molar-refractivity contribution in [1.82, 2.24) is 0 Å². The molecule has 0 amide bonds. The molecule has 1 heterocycles. The molecule has 2 unspecified atom stereocenters. The monoisotopic (exact) mass is 186 g/mol. The van der Waals surface area contributed by atoms with Gasteiger partial charge in [0.25, 0.3) is 0 Å². The molecule has 1 saturated carbocycles. The Morgan fingerprint density at radius 3 is 2.50 bits per heavy atom. The summed E-state index contributed by atoms with van der Waals surface area (Å²) in [6.07, 6.45) is 2.57. The van der Waals surface area contributed by atoms with Gasteiger partial charge in [-0.1, -0.05) is 13.8 Å². The summed E-state index contributed by atoms with van der Waals surface area (Å²) in [4.78, 5) is 0. The molecule has 2 rings (SSSR count). The van der Waals surface area contributed by atoms with Gasteiger partial charge in [0.15, 0.2) is 0 Å². The van der Waals surface area contributed by atoms with E-state index in [1.165, 1.54) is 24.3 Å². The van der Waals surface area contributed by atoms with E-state index in [-0.39, 0.29) is 0 Å². The highest BCUT2D eigenvalue weighted by atomic mass is 32.2. The number of aliphatic hydroxyl groups excluding tert-OH is 1. The SMILES string of the molecule is CC1(C)CC1(CO)C1CCSC1. The van der Waals surface area contributed by atoms with Crippen molar-refractivity contribution in [2.75, 3.05) is 18.1 Å². The normalized spacial score (nSPS) is 44.8. The number of aliphatic hydroxyl groups is 1. The van der Waals surface area contributed by atoms with Gasteiger partial charge in [-0.3, -0.25) is 0 Å². The molecule has 0 aromatic heterocycles. The molecule has 2 aliphatic rings. The van der Waals surface area contributed by atoms with Crippen molar-refractivity contribution < 1.29 is 5.11 Å². The summed E-state index contributed by atoms with van der Waals surface area (Å²) < 4.78 is 0. The minimum absolute atomic E-state index is 0.302. The molecular formula is C10H18OS. The van der Waals surface area contributed by atoms with E-state index >= 15 is 0 Å². The molecule has 0 spiro atoms. The number of rotatable bonds is 2. The summed E-state index contributed by atoms with van der Waals surface area (Å²) in [7, 11) is 0. The number of hydrogen-bond acceptors (Lipinski definition) is 2. The lowest BCUT2D eigenvalue weighted by Gasteiger charge is -2.24. The molecule has 1 nitrogen and oxygen atoms in total. The van der Waals surface area contributed by atoms with E-state index < -0.39 is 0 Å². The zero-order valence-electron chi connectivity index (χ0n) is 7.97. The standard InChI is InChI=1S/C10H18OS/c1-9(2)6-10(9,7-11)8-3-4-12-5-8/h8,11H,3-7H2,1-2H3. The van der Waals surface area contributed by atoms with Gasteiger partial charge in [0.1, 0.15) is 0 Å². The number of thioether (sulfide) groups is 1. The first-order chi connectivity index (χ1) is 5.62. The van der Waals surface area contributed by atoms with E-state index in [1.54, 1.807) is 0 Å². The molecule has 0 aromatic rings. The van der Waals surface area contributed by atoms with Crippen molar-refractivity contribution in [3.05, 3.63) is 0 Å². The summed E-state index contributed by atoms with van der Waals surface area (Å²) in [6.45, 7) is 5.00. The molecule has 0 radical (unpaired) electrons. The van der Waals surface area contributed by atoms with Gasteiger partial charge in [0, 0.05) is 12.0 Å². The molecular weight excluding hydrogens is 168 g/mol. The van der Waals surface area contributed by atoms with Crippen LogP contribution in [-0.2, 0) is 0 Å². The first kappa shape index (κ1) is 8.89. The van der Waals surface area contributed by atoms with Crippen LogP contribution in [0.5, 0.6) is 0 Å². The molecule has 2 fully saturated rings. The molecule has 0 bridgehead atoms. The second-order valence-corrected chi connectivity index (χ2v) is 6.09. The van der Waals surface area contributed by atoms with Crippen LogP contribution in [0, 0.1) is 16.7 Å². The average Bonchev–Trinajstić information content (AvgIpc) is 2.52. The minimum atomic E-state index is 0.302. The van der Waals surface area contributed by atoms with E-state index in [4.69, 9.17) is 0 Å². The summed E-state index contributed by atoms with van der Waals surface area (Å²) in [5.41, 5.74) is 0.716. The summed E-state index contributed by atoms with van der Waals surface area (Å²) in [6, 6.07) is 0. The topological polar surface area (TPSA) is 20.2 Å². The zero-order chi connectivity index (χ0) is 8.82. The van der Waals surface area contributed by atoms with Gasteiger partial charge in [-0.2, -0.15) is 11.8 Å². The molecule has 0 aromatic carbocycles. The maximum absolute atomic E-state index is 9.44.